The highest BCUT2D eigenvalue weighted by Crippen LogP contribution is 2.20. The Hall–Kier alpha value is -0.900. The maximum absolute atomic E-state index is 5.71. The van der Waals surface area contributed by atoms with Crippen LogP contribution in [0.3, 0.4) is 0 Å². The summed E-state index contributed by atoms with van der Waals surface area (Å²) in [5.41, 5.74) is 8.59. The molecule has 0 amide bonds. The number of hydrogen-bond donors (Lipinski definition) is 1. The van der Waals surface area contributed by atoms with E-state index < -0.39 is 0 Å². The highest BCUT2D eigenvalue weighted by atomic mass is 15.1. The molecule has 3 heteroatoms. The Morgan fingerprint density at radius 3 is 2.40 bits per heavy atom. The zero-order valence-electron chi connectivity index (χ0n) is 13.0. The van der Waals surface area contributed by atoms with Crippen molar-refractivity contribution >= 4 is 0 Å². The van der Waals surface area contributed by atoms with Gasteiger partial charge in [-0.15, -0.1) is 0 Å². The van der Waals surface area contributed by atoms with Crippen LogP contribution in [0.4, 0.5) is 0 Å². The quantitative estimate of drug-likeness (QED) is 0.861. The Balaban J connectivity index is 1.86. The van der Waals surface area contributed by atoms with Crippen molar-refractivity contribution in [2.24, 2.45) is 11.7 Å². The Bertz CT molecular complexity index is 395. The monoisotopic (exact) mass is 275 g/mol. The topological polar surface area (TPSA) is 32.5 Å². The maximum atomic E-state index is 5.71. The van der Waals surface area contributed by atoms with Gasteiger partial charge in [-0.05, 0) is 70.0 Å². The van der Waals surface area contributed by atoms with Gasteiger partial charge >= 0.3 is 0 Å². The molecule has 0 bridgehead atoms. The molecule has 1 heterocycles. The van der Waals surface area contributed by atoms with E-state index in [1.165, 1.54) is 43.6 Å². The summed E-state index contributed by atoms with van der Waals surface area (Å²) in [5.74, 6) is 0.875. The van der Waals surface area contributed by atoms with Crippen LogP contribution in [0.5, 0.6) is 0 Å². The summed E-state index contributed by atoms with van der Waals surface area (Å²) >= 11 is 0. The molecule has 1 fully saturated rings. The van der Waals surface area contributed by atoms with Crippen LogP contribution in [0.25, 0.3) is 0 Å². The summed E-state index contributed by atoms with van der Waals surface area (Å²) in [7, 11) is 4.35. The molecule has 20 heavy (non-hydrogen) atoms. The summed E-state index contributed by atoms with van der Waals surface area (Å²) in [5, 5.41) is 0. The fourth-order valence-corrected chi connectivity index (χ4v) is 3.20. The summed E-state index contributed by atoms with van der Waals surface area (Å²) in [6.45, 7) is 5.52. The smallest absolute Gasteiger partial charge is 0.0236 e. The van der Waals surface area contributed by atoms with E-state index in [4.69, 9.17) is 5.73 Å². The van der Waals surface area contributed by atoms with E-state index >= 15 is 0 Å². The van der Waals surface area contributed by atoms with Crippen molar-refractivity contribution in [2.75, 3.05) is 40.3 Å². The predicted molar refractivity (Wildman–Crippen MR) is 85.8 cm³/mol. The second-order valence-corrected chi connectivity index (χ2v) is 6.29. The second kappa shape index (κ2) is 7.77. The molecule has 1 aromatic carbocycles. The molecular formula is C17H29N3. The highest BCUT2D eigenvalue weighted by Gasteiger charge is 2.20. The lowest BCUT2D eigenvalue weighted by Gasteiger charge is -2.33. The van der Waals surface area contributed by atoms with E-state index in [9.17, 15) is 0 Å². The van der Waals surface area contributed by atoms with Crippen LogP contribution in [-0.2, 0) is 13.0 Å². The molecule has 2 rings (SSSR count). The van der Waals surface area contributed by atoms with Crippen molar-refractivity contribution in [3.8, 4) is 0 Å². The molecular weight excluding hydrogens is 246 g/mol. The van der Waals surface area contributed by atoms with E-state index in [0.717, 1.165) is 25.4 Å². The molecule has 1 aliphatic rings. The molecule has 0 aromatic heterocycles. The van der Waals surface area contributed by atoms with E-state index in [1.807, 2.05) is 0 Å². The van der Waals surface area contributed by atoms with Crippen LogP contribution in [0.2, 0.25) is 0 Å². The minimum absolute atomic E-state index is 0.738. The third kappa shape index (κ3) is 4.58. The molecule has 112 valence electrons. The van der Waals surface area contributed by atoms with Crippen molar-refractivity contribution in [1.82, 2.24) is 9.80 Å². The average Bonchev–Trinajstić information content (AvgIpc) is 2.43. The van der Waals surface area contributed by atoms with Crippen LogP contribution in [0.1, 0.15) is 24.0 Å². The number of nitrogens with zero attached hydrogens (tertiary/aromatic N) is 2. The molecule has 0 saturated carbocycles. The normalized spacial score (nSPS) is 17.8. The first kappa shape index (κ1) is 15.5. The number of nitrogens with two attached hydrogens (primary N) is 1. The van der Waals surface area contributed by atoms with Crippen LogP contribution in [-0.4, -0.2) is 50.1 Å². The third-order valence-electron chi connectivity index (χ3n) is 4.26. The van der Waals surface area contributed by atoms with Crippen molar-refractivity contribution in [3.63, 3.8) is 0 Å². The lowest BCUT2D eigenvalue weighted by molar-refractivity contribution is 0.156. The summed E-state index contributed by atoms with van der Waals surface area (Å²) in [6, 6.07) is 8.75. The van der Waals surface area contributed by atoms with Crippen molar-refractivity contribution < 1.29 is 0 Å². The van der Waals surface area contributed by atoms with Gasteiger partial charge in [-0.3, -0.25) is 4.90 Å². The Morgan fingerprint density at radius 2 is 1.80 bits per heavy atom. The van der Waals surface area contributed by atoms with Gasteiger partial charge in [0.05, 0.1) is 0 Å². The zero-order valence-corrected chi connectivity index (χ0v) is 13.0. The number of rotatable bonds is 6. The SMILES string of the molecule is CN(C)CC1CCN(Cc2ccccc2CCN)CC1. The summed E-state index contributed by atoms with van der Waals surface area (Å²) in [6.07, 6.45) is 3.65. The Morgan fingerprint density at radius 1 is 1.15 bits per heavy atom. The van der Waals surface area contributed by atoms with Crippen molar-refractivity contribution in [3.05, 3.63) is 35.4 Å². The molecule has 1 aromatic rings. The van der Waals surface area contributed by atoms with Gasteiger partial charge < -0.3 is 10.6 Å². The van der Waals surface area contributed by atoms with Gasteiger partial charge in [0.15, 0.2) is 0 Å². The molecule has 0 atom stereocenters. The van der Waals surface area contributed by atoms with Crippen molar-refractivity contribution in [1.29, 1.82) is 0 Å². The fraction of sp³-hybridized carbons (Fsp3) is 0.647. The van der Waals surface area contributed by atoms with E-state index in [0.29, 0.717) is 0 Å². The number of benzene rings is 1. The van der Waals surface area contributed by atoms with E-state index in [-0.39, 0.29) is 0 Å². The summed E-state index contributed by atoms with van der Waals surface area (Å²) in [4.78, 5) is 4.92. The van der Waals surface area contributed by atoms with Crippen LogP contribution < -0.4 is 5.73 Å². The number of hydrogen-bond acceptors (Lipinski definition) is 3. The molecule has 2 N–H and O–H groups in total. The largest absolute Gasteiger partial charge is 0.330 e. The van der Waals surface area contributed by atoms with Gasteiger partial charge in [0, 0.05) is 13.1 Å². The van der Waals surface area contributed by atoms with Crippen LogP contribution in [0.15, 0.2) is 24.3 Å². The molecule has 1 saturated heterocycles. The minimum Gasteiger partial charge on any atom is -0.330 e. The molecule has 0 aliphatic carbocycles. The van der Waals surface area contributed by atoms with E-state index in [1.54, 1.807) is 0 Å². The second-order valence-electron chi connectivity index (χ2n) is 6.29. The molecule has 1 aliphatic heterocycles. The lowest BCUT2D eigenvalue weighted by Crippen LogP contribution is -2.36. The van der Waals surface area contributed by atoms with Gasteiger partial charge in [0.25, 0.3) is 0 Å². The molecule has 0 radical (unpaired) electrons. The average molecular weight is 275 g/mol. The lowest BCUT2D eigenvalue weighted by atomic mass is 9.95. The van der Waals surface area contributed by atoms with Crippen molar-refractivity contribution in [2.45, 2.75) is 25.8 Å². The fourth-order valence-electron chi connectivity index (χ4n) is 3.20. The molecule has 0 spiro atoms. The van der Waals surface area contributed by atoms with Gasteiger partial charge in [0.1, 0.15) is 0 Å². The predicted octanol–water partition coefficient (Wildman–Crippen LogP) is 1.96. The molecule has 0 unspecified atom stereocenters. The van der Waals surface area contributed by atoms with Gasteiger partial charge in [0.2, 0.25) is 0 Å². The highest BCUT2D eigenvalue weighted by molar-refractivity contribution is 5.27. The Kier molecular flexibility index (Phi) is 6.02. The number of piperidine rings is 1. The third-order valence-corrected chi connectivity index (χ3v) is 4.26. The first-order valence-corrected chi connectivity index (χ1v) is 7.83. The number of likely N-dealkylation sites (tertiary alicyclic amines) is 1. The maximum Gasteiger partial charge on any atom is 0.0236 e. The van der Waals surface area contributed by atoms with Gasteiger partial charge in [-0.1, -0.05) is 24.3 Å². The van der Waals surface area contributed by atoms with E-state index in [2.05, 4.69) is 48.2 Å². The van der Waals surface area contributed by atoms with Gasteiger partial charge in [-0.25, -0.2) is 0 Å². The van der Waals surface area contributed by atoms with Crippen LogP contribution in [0, 0.1) is 5.92 Å². The summed E-state index contributed by atoms with van der Waals surface area (Å²) < 4.78 is 0. The van der Waals surface area contributed by atoms with Crippen LogP contribution >= 0.6 is 0 Å². The first-order chi connectivity index (χ1) is 9.69. The van der Waals surface area contributed by atoms with Gasteiger partial charge in [-0.2, -0.15) is 0 Å². The first-order valence-electron chi connectivity index (χ1n) is 7.83. The minimum atomic E-state index is 0.738. The standard InChI is InChI=1S/C17H29N3/c1-19(2)13-15-8-11-20(12-9-15)14-17-6-4-3-5-16(17)7-10-18/h3-6,15H,7-14,18H2,1-2H3. The zero-order chi connectivity index (χ0) is 14.4. The molecule has 3 nitrogen and oxygen atoms in total. The Labute approximate surface area is 123 Å².